The lowest BCUT2D eigenvalue weighted by Gasteiger charge is -2.02. The molecule has 14 heavy (non-hydrogen) atoms. The third-order valence-corrected chi connectivity index (χ3v) is 2.51. The minimum absolute atomic E-state index is 0.563. The van der Waals surface area contributed by atoms with Crippen molar-refractivity contribution in [2.24, 2.45) is 12.9 Å². The van der Waals surface area contributed by atoms with Crippen LogP contribution in [0.4, 0.5) is 0 Å². The Bertz CT molecular complexity index is 434. The van der Waals surface area contributed by atoms with Gasteiger partial charge in [-0.1, -0.05) is 12.1 Å². The molecule has 0 unspecified atom stereocenters. The Morgan fingerprint density at radius 3 is 3.00 bits per heavy atom. The summed E-state index contributed by atoms with van der Waals surface area (Å²) in [6.07, 6.45) is 2.93. The van der Waals surface area contributed by atoms with Gasteiger partial charge in [-0.25, -0.2) is 5.90 Å². The molecule has 0 amide bonds. The number of hydrogen-bond donors (Lipinski definition) is 1. The number of nitrogens with two attached hydrogens (primary N) is 1. The molecule has 1 heterocycles. The lowest BCUT2D eigenvalue weighted by molar-refractivity contribution is 0.141. The number of benzene rings is 1. The molecule has 0 aliphatic carbocycles. The SMILES string of the molecule is Cn1ccc2c(CCON)cccc21. The molecule has 0 aliphatic heterocycles. The zero-order chi connectivity index (χ0) is 9.97. The Labute approximate surface area is 83.0 Å². The fraction of sp³-hybridized carbons (Fsp3) is 0.273. The molecule has 2 aromatic rings. The molecule has 0 saturated heterocycles. The summed E-state index contributed by atoms with van der Waals surface area (Å²) in [5.74, 6) is 5.02. The average Bonchev–Trinajstić information content (AvgIpc) is 2.58. The number of hydrogen-bond acceptors (Lipinski definition) is 2. The summed E-state index contributed by atoms with van der Waals surface area (Å²) in [5, 5.41) is 1.28. The largest absolute Gasteiger partial charge is 0.351 e. The van der Waals surface area contributed by atoms with E-state index in [0.29, 0.717) is 6.61 Å². The highest BCUT2D eigenvalue weighted by Crippen LogP contribution is 2.19. The normalized spacial score (nSPS) is 11.0. The first-order valence-corrected chi connectivity index (χ1v) is 4.67. The lowest BCUT2D eigenvalue weighted by atomic mass is 10.1. The van der Waals surface area contributed by atoms with Gasteiger partial charge in [-0.3, -0.25) is 0 Å². The summed E-state index contributed by atoms with van der Waals surface area (Å²) >= 11 is 0. The molecule has 0 bridgehead atoms. The molecule has 0 aliphatic rings. The molecular weight excluding hydrogens is 176 g/mol. The third-order valence-electron chi connectivity index (χ3n) is 2.51. The zero-order valence-electron chi connectivity index (χ0n) is 8.23. The van der Waals surface area contributed by atoms with E-state index in [1.165, 1.54) is 16.5 Å². The summed E-state index contributed by atoms with van der Waals surface area (Å²) < 4.78 is 2.11. The highest BCUT2D eigenvalue weighted by molar-refractivity contribution is 5.83. The van der Waals surface area contributed by atoms with Gasteiger partial charge >= 0.3 is 0 Å². The molecule has 0 fully saturated rings. The van der Waals surface area contributed by atoms with E-state index in [1.807, 2.05) is 7.05 Å². The maximum absolute atomic E-state index is 5.02. The quantitative estimate of drug-likeness (QED) is 0.747. The van der Waals surface area contributed by atoms with Gasteiger partial charge in [-0.15, -0.1) is 0 Å². The molecule has 1 aromatic carbocycles. The average molecular weight is 190 g/mol. The van der Waals surface area contributed by atoms with Crippen molar-refractivity contribution < 1.29 is 4.84 Å². The number of aryl methyl sites for hydroxylation is 1. The number of fused-ring (bicyclic) bond motifs is 1. The number of aromatic nitrogens is 1. The second-order valence-corrected chi connectivity index (χ2v) is 3.40. The van der Waals surface area contributed by atoms with Crippen LogP contribution < -0.4 is 5.90 Å². The van der Waals surface area contributed by atoms with Crippen molar-refractivity contribution in [3.63, 3.8) is 0 Å². The Hall–Kier alpha value is -1.32. The fourth-order valence-electron chi connectivity index (χ4n) is 1.75. The first kappa shape index (κ1) is 9.24. The highest BCUT2D eigenvalue weighted by Gasteiger charge is 2.02. The van der Waals surface area contributed by atoms with Crippen LogP contribution in [0.25, 0.3) is 10.9 Å². The van der Waals surface area contributed by atoms with Crippen molar-refractivity contribution in [3.8, 4) is 0 Å². The maximum atomic E-state index is 5.02. The molecule has 0 saturated carbocycles. The second-order valence-electron chi connectivity index (χ2n) is 3.40. The zero-order valence-corrected chi connectivity index (χ0v) is 8.23. The van der Waals surface area contributed by atoms with E-state index in [2.05, 4.69) is 39.9 Å². The van der Waals surface area contributed by atoms with Gasteiger partial charge in [0.25, 0.3) is 0 Å². The molecule has 2 rings (SSSR count). The van der Waals surface area contributed by atoms with Gasteiger partial charge in [-0.2, -0.15) is 0 Å². The third kappa shape index (κ3) is 1.52. The van der Waals surface area contributed by atoms with Gasteiger partial charge in [0.1, 0.15) is 0 Å². The van der Waals surface area contributed by atoms with Gasteiger partial charge in [0.05, 0.1) is 6.61 Å². The summed E-state index contributed by atoms with van der Waals surface area (Å²) in [5.41, 5.74) is 2.54. The molecule has 0 atom stereocenters. The van der Waals surface area contributed by atoms with Crippen LogP contribution in [0.3, 0.4) is 0 Å². The van der Waals surface area contributed by atoms with E-state index in [0.717, 1.165) is 6.42 Å². The van der Waals surface area contributed by atoms with Crippen molar-refractivity contribution in [2.45, 2.75) is 6.42 Å². The Balaban J connectivity index is 2.44. The topological polar surface area (TPSA) is 40.2 Å². The molecule has 0 radical (unpaired) electrons. The summed E-state index contributed by atoms with van der Waals surface area (Å²) in [4.78, 5) is 4.59. The Morgan fingerprint density at radius 2 is 2.21 bits per heavy atom. The van der Waals surface area contributed by atoms with Crippen molar-refractivity contribution >= 4 is 10.9 Å². The van der Waals surface area contributed by atoms with Gasteiger partial charge in [0, 0.05) is 24.1 Å². The molecule has 0 spiro atoms. The first-order valence-electron chi connectivity index (χ1n) is 4.67. The summed E-state index contributed by atoms with van der Waals surface area (Å²) in [7, 11) is 2.05. The van der Waals surface area contributed by atoms with E-state index in [1.54, 1.807) is 0 Å². The van der Waals surface area contributed by atoms with E-state index in [4.69, 9.17) is 5.90 Å². The Kier molecular flexibility index (Phi) is 2.52. The molecule has 1 aromatic heterocycles. The standard InChI is InChI=1S/C11H14N2O/c1-13-7-5-10-9(6-8-14-12)3-2-4-11(10)13/h2-5,7H,6,8,12H2,1H3. The van der Waals surface area contributed by atoms with Gasteiger partial charge in [0.15, 0.2) is 0 Å². The van der Waals surface area contributed by atoms with Crippen LogP contribution in [0.1, 0.15) is 5.56 Å². The smallest absolute Gasteiger partial charge is 0.0719 e. The van der Waals surface area contributed by atoms with Crippen LogP contribution in [0.2, 0.25) is 0 Å². The monoisotopic (exact) mass is 190 g/mol. The van der Waals surface area contributed by atoms with E-state index in [-0.39, 0.29) is 0 Å². The fourth-order valence-corrected chi connectivity index (χ4v) is 1.75. The summed E-state index contributed by atoms with van der Waals surface area (Å²) in [6, 6.07) is 8.42. The van der Waals surface area contributed by atoms with E-state index < -0.39 is 0 Å². The minimum Gasteiger partial charge on any atom is -0.351 e. The molecule has 3 heteroatoms. The molecular formula is C11H14N2O. The van der Waals surface area contributed by atoms with E-state index >= 15 is 0 Å². The molecule has 3 nitrogen and oxygen atoms in total. The van der Waals surface area contributed by atoms with Crippen molar-refractivity contribution in [3.05, 3.63) is 36.0 Å². The van der Waals surface area contributed by atoms with Crippen LogP contribution >= 0.6 is 0 Å². The maximum Gasteiger partial charge on any atom is 0.0719 e. The summed E-state index contributed by atoms with van der Waals surface area (Å²) in [6.45, 7) is 0.563. The van der Waals surface area contributed by atoms with Crippen molar-refractivity contribution in [1.29, 1.82) is 0 Å². The van der Waals surface area contributed by atoms with Crippen molar-refractivity contribution in [2.75, 3.05) is 6.61 Å². The van der Waals surface area contributed by atoms with Crippen LogP contribution in [0.15, 0.2) is 30.5 Å². The molecule has 2 N–H and O–H groups in total. The van der Waals surface area contributed by atoms with E-state index in [9.17, 15) is 0 Å². The van der Waals surface area contributed by atoms with Crippen LogP contribution in [-0.4, -0.2) is 11.2 Å². The predicted octanol–water partition coefficient (Wildman–Crippen LogP) is 1.61. The Morgan fingerprint density at radius 1 is 1.36 bits per heavy atom. The number of nitrogens with zero attached hydrogens (tertiary/aromatic N) is 1. The first-order chi connectivity index (χ1) is 6.83. The minimum atomic E-state index is 0.563. The van der Waals surface area contributed by atoms with Crippen LogP contribution in [-0.2, 0) is 18.3 Å². The van der Waals surface area contributed by atoms with Gasteiger partial charge in [0.2, 0.25) is 0 Å². The van der Waals surface area contributed by atoms with Gasteiger partial charge in [-0.05, 0) is 24.1 Å². The highest BCUT2D eigenvalue weighted by atomic mass is 16.6. The number of rotatable bonds is 3. The van der Waals surface area contributed by atoms with Crippen LogP contribution in [0.5, 0.6) is 0 Å². The predicted molar refractivity (Wildman–Crippen MR) is 56.8 cm³/mol. The molecule has 74 valence electrons. The van der Waals surface area contributed by atoms with Crippen LogP contribution in [0, 0.1) is 0 Å². The van der Waals surface area contributed by atoms with Gasteiger partial charge < -0.3 is 9.40 Å². The van der Waals surface area contributed by atoms with Crippen molar-refractivity contribution in [1.82, 2.24) is 4.57 Å². The second kappa shape index (κ2) is 3.82. The lowest BCUT2D eigenvalue weighted by Crippen LogP contribution is -2.03.